The van der Waals surface area contributed by atoms with Crippen molar-refractivity contribution in [3.63, 3.8) is 0 Å². The molecule has 0 saturated heterocycles. The number of aromatic nitrogens is 3. The Kier molecular flexibility index (Phi) is 4.20. The van der Waals surface area contributed by atoms with Crippen LogP contribution in [0.1, 0.15) is 18.1 Å². The number of pyridine rings is 1. The fourth-order valence-corrected chi connectivity index (χ4v) is 1.63. The van der Waals surface area contributed by atoms with E-state index in [0.29, 0.717) is 5.95 Å². The van der Waals surface area contributed by atoms with Crippen molar-refractivity contribution in [3.8, 4) is 0 Å². The van der Waals surface area contributed by atoms with Gasteiger partial charge in [-0.15, -0.1) is 0 Å². The first-order valence-corrected chi connectivity index (χ1v) is 5.89. The minimum absolute atomic E-state index is 0.0310. The summed E-state index contributed by atoms with van der Waals surface area (Å²) in [5, 5.41) is 8.96. The second kappa shape index (κ2) is 6.07. The molecule has 0 aromatic carbocycles. The Bertz CT molecular complexity index is 472. The lowest BCUT2D eigenvalue weighted by Crippen LogP contribution is -2.24. The van der Waals surface area contributed by atoms with E-state index in [2.05, 4.69) is 26.8 Å². The summed E-state index contributed by atoms with van der Waals surface area (Å²) in [6.45, 7) is 3.60. The third-order valence-electron chi connectivity index (χ3n) is 2.66. The second-order valence-electron chi connectivity index (χ2n) is 3.92. The molecule has 2 aromatic heterocycles. The van der Waals surface area contributed by atoms with Crippen LogP contribution in [0, 0.1) is 0 Å². The molecular weight excluding hydrogens is 228 g/mol. The molecule has 0 aliphatic carbocycles. The van der Waals surface area contributed by atoms with Gasteiger partial charge in [-0.25, -0.2) is 9.97 Å². The van der Waals surface area contributed by atoms with E-state index in [0.717, 1.165) is 18.7 Å². The van der Waals surface area contributed by atoms with Crippen LogP contribution >= 0.6 is 0 Å². The first-order valence-electron chi connectivity index (χ1n) is 5.89. The molecule has 0 fully saturated rings. The maximum atomic E-state index is 8.96. The molecule has 0 aliphatic heterocycles. The Morgan fingerprint density at radius 3 is 2.33 bits per heavy atom. The summed E-state index contributed by atoms with van der Waals surface area (Å²) in [7, 11) is 0. The van der Waals surface area contributed by atoms with Crippen LogP contribution in [-0.4, -0.2) is 26.6 Å². The van der Waals surface area contributed by atoms with Gasteiger partial charge in [0.25, 0.3) is 0 Å². The van der Waals surface area contributed by atoms with Gasteiger partial charge in [-0.2, -0.15) is 0 Å². The van der Waals surface area contributed by atoms with E-state index >= 15 is 0 Å². The summed E-state index contributed by atoms with van der Waals surface area (Å²) >= 11 is 0. The Balaban J connectivity index is 2.12. The SMILES string of the molecule is CCN(Cc1ccncc1)c1ncc(CO)cn1. The fraction of sp³-hybridized carbons (Fsp3) is 0.308. The van der Waals surface area contributed by atoms with Crippen molar-refractivity contribution in [3.05, 3.63) is 48.0 Å². The lowest BCUT2D eigenvalue weighted by Gasteiger charge is -2.20. The maximum absolute atomic E-state index is 8.96. The van der Waals surface area contributed by atoms with Crippen LogP contribution < -0.4 is 4.90 Å². The summed E-state index contributed by atoms with van der Waals surface area (Å²) in [5.74, 6) is 0.673. The molecule has 2 aromatic rings. The zero-order valence-corrected chi connectivity index (χ0v) is 10.3. The first-order chi connectivity index (χ1) is 8.83. The minimum Gasteiger partial charge on any atom is -0.392 e. The number of hydrogen-bond acceptors (Lipinski definition) is 5. The standard InChI is InChI=1S/C13H16N4O/c1-2-17(9-11-3-5-14-6-4-11)13-15-7-12(10-18)8-16-13/h3-8,18H,2,9-10H2,1H3. The maximum Gasteiger partial charge on any atom is 0.225 e. The van der Waals surface area contributed by atoms with Crippen molar-refractivity contribution < 1.29 is 5.11 Å². The highest BCUT2D eigenvalue weighted by molar-refractivity contribution is 5.31. The molecule has 0 aliphatic rings. The normalized spacial score (nSPS) is 10.3. The molecule has 2 heterocycles. The van der Waals surface area contributed by atoms with Gasteiger partial charge in [-0.3, -0.25) is 4.98 Å². The molecule has 0 bridgehead atoms. The summed E-state index contributed by atoms with van der Waals surface area (Å²) in [6.07, 6.45) is 6.85. The van der Waals surface area contributed by atoms with Crippen molar-refractivity contribution >= 4 is 5.95 Å². The van der Waals surface area contributed by atoms with E-state index in [1.807, 2.05) is 12.1 Å². The van der Waals surface area contributed by atoms with Crippen molar-refractivity contribution in [2.24, 2.45) is 0 Å². The predicted octanol–water partition coefficient (Wildman–Crippen LogP) is 1.39. The van der Waals surface area contributed by atoms with Crippen LogP contribution in [-0.2, 0) is 13.2 Å². The van der Waals surface area contributed by atoms with Crippen molar-refractivity contribution in [2.45, 2.75) is 20.1 Å². The monoisotopic (exact) mass is 244 g/mol. The quantitative estimate of drug-likeness (QED) is 0.861. The molecule has 0 spiro atoms. The second-order valence-corrected chi connectivity index (χ2v) is 3.92. The van der Waals surface area contributed by atoms with Crippen LogP contribution in [0.5, 0.6) is 0 Å². The third kappa shape index (κ3) is 3.01. The number of hydrogen-bond donors (Lipinski definition) is 1. The van der Waals surface area contributed by atoms with Gasteiger partial charge in [-0.1, -0.05) is 0 Å². The molecule has 2 rings (SSSR count). The summed E-state index contributed by atoms with van der Waals surface area (Å²) in [4.78, 5) is 14.6. The lowest BCUT2D eigenvalue weighted by molar-refractivity contribution is 0.281. The molecule has 5 nitrogen and oxygen atoms in total. The van der Waals surface area contributed by atoms with Crippen LogP contribution in [0.2, 0.25) is 0 Å². The zero-order chi connectivity index (χ0) is 12.8. The Labute approximate surface area is 106 Å². The van der Waals surface area contributed by atoms with Crippen LogP contribution in [0.4, 0.5) is 5.95 Å². The topological polar surface area (TPSA) is 62.1 Å². The van der Waals surface area contributed by atoms with Gasteiger partial charge in [0.2, 0.25) is 5.95 Å². The minimum atomic E-state index is -0.0310. The van der Waals surface area contributed by atoms with E-state index in [9.17, 15) is 0 Å². The van der Waals surface area contributed by atoms with Gasteiger partial charge in [0.1, 0.15) is 0 Å². The molecule has 0 unspecified atom stereocenters. The highest BCUT2D eigenvalue weighted by atomic mass is 16.3. The zero-order valence-electron chi connectivity index (χ0n) is 10.3. The number of aliphatic hydroxyl groups is 1. The predicted molar refractivity (Wildman–Crippen MR) is 68.9 cm³/mol. The fourth-order valence-electron chi connectivity index (χ4n) is 1.63. The van der Waals surface area contributed by atoms with E-state index in [1.165, 1.54) is 5.56 Å². The van der Waals surface area contributed by atoms with Gasteiger partial charge >= 0.3 is 0 Å². The van der Waals surface area contributed by atoms with E-state index in [1.54, 1.807) is 24.8 Å². The van der Waals surface area contributed by atoms with E-state index < -0.39 is 0 Å². The van der Waals surface area contributed by atoms with Crippen molar-refractivity contribution in [1.29, 1.82) is 0 Å². The Hall–Kier alpha value is -2.01. The van der Waals surface area contributed by atoms with Gasteiger partial charge in [0, 0.05) is 43.4 Å². The number of aliphatic hydroxyl groups excluding tert-OH is 1. The third-order valence-corrected chi connectivity index (χ3v) is 2.66. The molecular formula is C13H16N4O. The highest BCUT2D eigenvalue weighted by Crippen LogP contribution is 2.11. The number of anilines is 1. The molecule has 1 N–H and O–H groups in total. The summed E-state index contributed by atoms with van der Waals surface area (Å²) < 4.78 is 0. The average molecular weight is 244 g/mol. The van der Waals surface area contributed by atoms with Crippen LogP contribution in [0.25, 0.3) is 0 Å². The van der Waals surface area contributed by atoms with E-state index in [4.69, 9.17) is 5.11 Å². The summed E-state index contributed by atoms with van der Waals surface area (Å²) in [6, 6.07) is 3.95. The first kappa shape index (κ1) is 12.4. The lowest BCUT2D eigenvalue weighted by atomic mass is 10.2. The van der Waals surface area contributed by atoms with Gasteiger partial charge in [0.15, 0.2) is 0 Å². The largest absolute Gasteiger partial charge is 0.392 e. The molecule has 0 amide bonds. The van der Waals surface area contributed by atoms with Crippen LogP contribution in [0.3, 0.4) is 0 Å². The molecule has 0 saturated carbocycles. The highest BCUT2D eigenvalue weighted by Gasteiger charge is 2.07. The van der Waals surface area contributed by atoms with Crippen molar-refractivity contribution in [2.75, 3.05) is 11.4 Å². The van der Waals surface area contributed by atoms with Crippen molar-refractivity contribution in [1.82, 2.24) is 15.0 Å². The average Bonchev–Trinajstić information content (AvgIpc) is 2.46. The molecule has 0 atom stereocenters. The van der Waals surface area contributed by atoms with E-state index in [-0.39, 0.29) is 6.61 Å². The van der Waals surface area contributed by atoms with Gasteiger partial charge in [0.05, 0.1) is 6.61 Å². The molecule has 94 valence electrons. The van der Waals surface area contributed by atoms with Gasteiger partial charge in [-0.05, 0) is 24.6 Å². The smallest absolute Gasteiger partial charge is 0.225 e. The molecule has 0 radical (unpaired) electrons. The van der Waals surface area contributed by atoms with Crippen LogP contribution in [0.15, 0.2) is 36.9 Å². The number of nitrogens with zero attached hydrogens (tertiary/aromatic N) is 4. The summed E-state index contributed by atoms with van der Waals surface area (Å²) in [5.41, 5.74) is 1.89. The Morgan fingerprint density at radius 2 is 1.78 bits per heavy atom. The number of rotatable bonds is 5. The van der Waals surface area contributed by atoms with Gasteiger partial charge < -0.3 is 10.0 Å². The Morgan fingerprint density at radius 1 is 1.11 bits per heavy atom. The molecule has 18 heavy (non-hydrogen) atoms. The molecule has 5 heteroatoms.